The molecule has 1 aliphatic carbocycles. The van der Waals surface area contributed by atoms with E-state index in [9.17, 15) is 24.3 Å². The van der Waals surface area contributed by atoms with Crippen molar-refractivity contribution in [3.8, 4) is 0 Å². The molecule has 0 radical (unpaired) electrons. The van der Waals surface area contributed by atoms with Crippen molar-refractivity contribution >= 4 is 39.6 Å². The molecule has 5 aliphatic rings. The van der Waals surface area contributed by atoms with Crippen LogP contribution in [0.4, 0.5) is 0 Å². The molecule has 4 aliphatic heterocycles. The summed E-state index contributed by atoms with van der Waals surface area (Å²) in [6, 6.07) is 7.82. The summed E-state index contributed by atoms with van der Waals surface area (Å²) in [7, 11) is 0. The van der Waals surface area contributed by atoms with Gasteiger partial charge in [0, 0.05) is 36.6 Å². The number of aliphatic hydroxyl groups is 1. The van der Waals surface area contributed by atoms with Gasteiger partial charge in [-0.3, -0.25) is 19.2 Å². The number of unbranched alkanes of at least 4 members (excludes halogenated alkanes) is 3. The van der Waals surface area contributed by atoms with Crippen LogP contribution < -0.4 is 5.32 Å². The van der Waals surface area contributed by atoms with Crippen molar-refractivity contribution in [2.75, 3.05) is 26.3 Å². The maximum Gasteiger partial charge on any atom is 0.306 e. The summed E-state index contributed by atoms with van der Waals surface area (Å²) in [4.78, 5) is 60.1. The number of benzene rings is 1. The number of nitrogens with zero attached hydrogens (tertiary/aromatic N) is 2. The molecule has 2 N–H and O–H groups in total. The van der Waals surface area contributed by atoms with E-state index in [1.54, 1.807) is 4.90 Å². The molecule has 11 heteroatoms. The summed E-state index contributed by atoms with van der Waals surface area (Å²) in [5.74, 6) is -2.90. The molecule has 10 nitrogen and oxygen atoms in total. The first-order valence-corrected chi connectivity index (χ1v) is 18.1. The lowest BCUT2D eigenvalue weighted by molar-refractivity contribution is -0.149. The third-order valence-corrected chi connectivity index (χ3v) is 11.2. The van der Waals surface area contributed by atoms with Crippen LogP contribution in [0.15, 0.2) is 53.0 Å². The zero-order valence-corrected chi connectivity index (χ0v) is 28.4. The molecule has 6 atom stereocenters. The number of nitrogens with one attached hydrogen (secondary N) is 1. The number of allylic oxidation sites excluding steroid dienone is 1. The third kappa shape index (κ3) is 6.81. The standard InChI is InChI=1S/C36H46BrN3O7/c37-26-22-36-30-29(31(26)47-36)33(43)38-27(24-14-6-3-7-15-24)23-46-28(42)18-10-5-12-19-39(25-16-8-4-9-17-25)35(45)32(36)40(34(30)44)20-11-1-2-13-21-41/h3,5-7,12,14-15,22,25,27,29-32,41H,1-2,4,8-11,13,16-21,23H2,(H,38,43)/b12-5-/t27-,29-,30+,31-,32-,36+/m0/s1. The van der Waals surface area contributed by atoms with Crippen LogP contribution >= 0.6 is 15.9 Å². The van der Waals surface area contributed by atoms with Gasteiger partial charge >= 0.3 is 5.97 Å². The molecule has 254 valence electrons. The first-order valence-electron chi connectivity index (χ1n) is 17.3. The highest BCUT2D eigenvalue weighted by atomic mass is 79.9. The van der Waals surface area contributed by atoms with Gasteiger partial charge in [-0.25, -0.2) is 0 Å². The second kappa shape index (κ2) is 15.0. The molecule has 0 aromatic heterocycles. The average molecular weight is 713 g/mol. The number of halogens is 1. The average Bonchev–Trinajstić information content (AvgIpc) is 3.67. The number of carbonyl (C=O) groups is 4. The number of fused-ring (bicyclic) bond motifs is 2. The van der Waals surface area contributed by atoms with Crippen molar-refractivity contribution in [2.45, 2.75) is 100 Å². The Bertz CT molecular complexity index is 1380. The van der Waals surface area contributed by atoms with Crippen LogP contribution in [0.1, 0.15) is 82.2 Å². The summed E-state index contributed by atoms with van der Waals surface area (Å²) < 4.78 is 13.0. The number of amides is 3. The van der Waals surface area contributed by atoms with Crippen molar-refractivity contribution in [3.63, 3.8) is 0 Å². The molecule has 0 unspecified atom stereocenters. The van der Waals surface area contributed by atoms with Crippen molar-refractivity contribution in [1.29, 1.82) is 0 Å². The number of likely N-dealkylation sites (tertiary alicyclic amines) is 1. The fourth-order valence-electron chi connectivity index (χ4n) is 8.18. The molecule has 47 heavy (non-hydrogen) atoms. The van der Waals surface area contributed by atoms with E-state index in [0.29, 0.717) is 36.8 Å². The minimum Gasteiger partial charge on any atom is -0.463 e. The van der Waals surface area contributed by atoms with E-state index in [0.717, 1.165) is 50.5 Å². The number of hydrogen-bond acceptors (Lipinski definition) is 7. The largest absolute Gasteiger partial charge is 0.463 e. The van der Waals surface area contributed by atoms with Gasteiger partial charge in [0.25, 0.3) is 0 Å². The fourth-order valence-corrected chi connectivity index (χ4v) is 8.92. The van der Waals surface area contributed by atoms with Gasteiger partial charge in [-0.15, -0.1) is 0 Å². The van der Waals surface area contributed by atoms with E-state index in [-0.39, 0.29) is 49.4 Å². The van der Waals surface area contributed by atoms with Crippen LogP contribution in [0.25, 0.3) is 0 Å². The summed E-state index contributed by atoms with van der Waals surface area (Å²) in [6.45, 7) is 0.799. The van der Waals surface area contributed by atoms with Crippen molar-refractivity contribution in [1.82, 2.24) is 15.1 Å². The predicted octanol–water partition coefficient (Wildman–Crippen LogP) is 4.32. The highest BCUT2D eigenvalue weighted by Crippen LogP contribution is 2.58. The maximum atomic E-state index is 15.0. The van der Waals surface area contributed by atoms with Gasteiger partial charge in [0.2, 0.25) is 17.7 Å². The number of rotatable bonds is 8. The Labute approximate surface area is 285 Å². The van der Waals surface area contributed by atoms with Gasteiger partial charge in [0.05, 0.1) is 17.9 Å². The molecule has 3 fully saturated rings. The van der Waals surface area contributed by atoms with Gasteiger partial charge in [-0.05, 0) is 43.7 Å². The lowest BCUT2D eigenvalue weighted by Gasteiger charge is -2.40. The van der Waals surface area contributed by atoms with Crippen LogP contribution in [0, 0.1) is 11.8 Å². The van der Waals surface area contributed by atoms with Crippen LogP contribution in [-0.4, -0.2) is 88.7 Å². The maximum absolute atomic E-state index is 15.0. The van der Waals surface area contributed by atoms with E-state index >= 15 is 0 Å². The van der Waals surface area contributed by atoms with Gasteiger partial charge < -0.3 is 29.7 Å². The molecule has 1 spiro atoms. The molecule has 3 amide bonds. The Kier molecular flexibility index (Phi) is 10.8. The molecule has 4 heterocycles. The monoisotopic (exact) mass is 711 g/mol. The highest BCUT2D eigenvalue weighted by molar-refractivity contribution is 9.11. The van der Waals surface area contributed by atoms with Gasteiger partial charge in [0.15, 0.2) is 0 Å². The summed E-state index contributed by atoms with van der Waals surface area (Å²) in [6.07, 6.45) is 13.6. The number of esters is 1. The Balaban J connectivity index is 1.39. The predicted molar refractivity (Wildman–Crippen MR) is 178 cm³/mol. The zero-order valence-electron chi connectivity index (χ0n) is 26.9. The number of carbonyl (C=O) groups excluding carboxylic acids is 4. The van der Waals surface area contributed by atoms with Crippen LogP contribution in [0.3, 0.4) is 0 Å². The molecule has 6 rings (SSSR count). The molecule has 1 aromatic rings. The first-order chi connectivity index (χ1) is 22.9. The van der Waals surface area contributed by atoms with E-state index in [4.69, 9.17) is 9.47 Å². The second-order valence-corrected chi connectivity index (χ2v) is 14.4. The minimum absolute atomic E-state index is 0.0293. The summed E-state index contributed by atoms with van der Waals surface area (Å²) >= 11 is 3.65. The number of aliphatic hydroxyl groups excluding tert-OH is 1. The zero-order chi connectivity index (χ0) is 33.0. The number of ether oxygens (including phenoxy) is 2. The Morgan fingerprint density at radius 1 is 0.957 bits per heavy atom. The third-order valence-electron chi connectivity index (χ3n) is 10.5. The number of hydrogen-bond donors (Lipinski definition) is 2. The van der Waals surface area contributed by atoms with E-state index < -0.39 is 35.6 Å². The van der Waals surface area contributed by atoms with E-state index in [1.807, 2.05) is 53.5 Å². The SMILES string of the molecule is O=C1CC/C=C\CN(C2CCCCC2)C(=O)[C@@H]2N(CCCCCCO)C(=O)[C@H]3[C@H](C(=O)N[C@H](c4ccccc4)CO1)[C@H]1O[C@@]23C=C1Br. The lowest BCUT2D eigenvalue weighted by atomic mass is 9.73. The Morgan fingerprint density at radius 2 is 1.72 bits per heavy atom. The molecule has 2 saturated heterocycles. The van der Waals surface area contributed by atoms with Gasteiger partial charge in [-0.1, -0.05) is 90.5 Å². The molecule has 5 bridgehead atoms. The lowest BCUT2D eigenvalue weighted by Crippen LogP contribution is -2.58. The molecular formula is C36H46BrN3O7. The Morgan fingerprint density at radius 3 is 2.49 bits per heavy atom. The first kappa shape index (κ1) is 33.9. The molecule has 1 saturated carbocycles. The van der Waals surface area contributed by atoms with E-state index in [1.165, 1.54) is 0 Å². The summed E-state index contributed by atoms with van der Waals surface area (Å²) in [5, 5.41) is 12.4. The smallest absolute Gasteiger partial charge is 0.306 e. The number of cyclic esters (lactones) is 1. The van der Waals surface area contributed by atoms with Crippen LogP contribution in [0.2, 0.25) is 0 Å². The van der Waals surface area contributed by atoms with Gasteiger partial charge in [0.1, 0.15) is 24.4 Å². The van der Waals surface area contributed by atoms with Crippen LogP contribution in [-0.2, 0) is 28.7 Å². The van der Waals surface area contributed by atoms with Gasteiger partial charge in [-0.2, -0.15) is 0 Å². The quantitative estimate of drug-likeness (QED) is 0.234. The highest BCUT2D eigenvalue weighted by Gasteiger charge is 2.74. The van der Waals surface area contributed by atoms with Crippen LogP contribution in [0.5, 0.6) is 0 Å². The van der Waals surface area contributed by atoms with Crippen molar-refractivity contribution in [3.05, 3.63) is 58.6 Å². The second-order valence-electron chi connectivity index (χ2n) is 13.4. The van der Waals surface area contributed by atoms with Crippen molar-refractivity contribution < 1.29 is 33.8 Å². The van der Waals surface area contributed by atoms with E-state index in [2.05, 4.69) is 21.2 Å². The topological polar surface area (TPSA) is 125 Å². The summed E-state index contributed by atoms with van der Waals surface area (Å²) in [5.41, 5.74) is -0.511. The minimum atomic E-state index is -1.29. The Hall–Kier alpha value is -3.02. The normalized spacial score (nSPS) is 32.6. The molecule has 1 aromatic carbocycles. The molecular weight excluding hydrogens is 666 g/mol. The fraction of sp³-hybridized carbons (Fsp3) is 0.611. The van der Waals surface area contributed by atoms with Crippen molar-refractivity contribution in [2.24, 2.45) is 11.8 Å².